The third-order valence-electron chi connectivity index (χ3n) is 3.57. The lowest BCUT2D eigenvalue weighted by atomic mass is 10.3. The molecule has 1 aliphatic carbocycles. The van der Waals surface area contributed by atoms with Gasteiger partial charge in [-0.25, -0.2) is 0 Å². The van der Waals surface area contributed by atoms with Crippen LogP contribution in [-0.2, 0) is 13.0 Å². The third-order valence-corrected chi connectivity index (χ3v) is 3.57. The number of nitrogens with zero attached hydrogens (tertiary/aromatic N) is 3. The number of likely N-dealkylation sites (N-methyl/N-ethyl adjacent to an activating group) is 1. The van der Waals surface area contributed by atoms with E-state index in [1.807, 2.05) is 37.4 Å². The highest BCUT2D eigenvalue weighted by atomic mass is 16.5. The predicted molar refractivity (Wildman–Crippen MR) is 79.0 cm³/mol. The van der Waals surface area contributed by atoms with E-state index in [2.05, 4.69) is 15.0 Å². The Morgan fingerprint density at radius 3 is 2.86 bits per heavy atom. The largest absolute Gasteiger partial charge is 0.492 e. The minimum Gasteiger partial charge on any atom is -0.492 e. The van der Waals surface area contributed by atoms with Crippen LogP contribution in [0.15, 0.2) is 34.9 Å². The van der Waals surface area contributed by atoms with Gasteiger partial charge in [0, 0.05) is 13.0 Å². The highest BCUT2D eigenvalue weighted by Crippen LogP contribution is 2.31. The minimum atomic E-state index is 0.642. The first-order valence-corrected chi connectivity index (χ1v) is 7.47. The molecule has 0 atom stereocenters. The Morgan fingerprint density at radius 2 is 2.10 bits per heavy atom. The minimum absolute atomic E-state index is 0.642. The number of aromatic nitrogens is 2. The lowest BCUT2D eigenvalue weighted by Crippen LogP contribution is -2.24. The average Bonchev–Trinajstić information content (AvgIpc) is 3.19. The van der Waals surface area contributed by atoms with Crippen LogP contribution in [0.2, 0.25) is 0 Å². The van der Waals surface area contributed by atoms with Crippen LogP contribution in [0, 0.1) is 5.92 Å². The zero-order valence-corrected chi connectivity index (χ0v) is 12.4. The molecule has 5 heteroatoms. The zero-order chi connectivity index (χ0) is 14.5. The van der Waals surface area contributed by atoms with Gasteiger partial charge in [-0.05, 0) is 37.9 Å². The number of rotatable bonds is 8. The van der Waals surface area contributed by atoms with E-state index < -0.39 is 0 Å². The van der Waals surface area contributed by atoms with Crippen molar-refractivity contribution < 1.29 is 9.26 Å². The van der Waals surface area contributed by atoms with E-state index in [4.69, 9.17) is 9.26 Å². The second-order valence-electron chi connectivity index (χ2n) is 5.65. The Balaban J connectivity index is 1.39. The van der Waals surface area contributed by atoms with Gasteiger partial charge in [-0.1, -0.05) is 23.4 Å². The molecule has 0 unspecified atom stereocenters. The summed E-state index contributed by atoms with van der Waals surface area (Å²) in [7, 11) is 2.03. The molecular weight excluding hydrogens is 266 g/mol. The van der Waals surface area contributed by atoms with Crippen molar-refractivity contribution in [1.29, 1.82) is 0 Å². The molecule has 0 radical (unpaired) electrons. The Labute approximate surface area is 124 Å². The standard InChI is InChI=1S/C16H21N3O2/c1-19(9-10-20-14-5-3-2-4-6-14)12-16-17-15(18-21-16)11-13-7-8-13/h2-6,13H,7-12H2,1H3. The monoisotopic (exact) mass is 287 g/mol. The molecule has 0 spiro atoms. The molecule has 0 bridgehead atoms. The summed E-state index contributed by atoms with van der Waals surface area (Å²) < 4.78 is 11.0. The van der Waals surface area contributed by atoms with Crippen LogP contribution in [0.5, 0.6) is 5.75 Å². The summed E-state index contributed by atoms with van der Waals surface area (Å²) in [6.45, 7) is 2.12. The van der Waals surface area contributed by atoms with Gasteiger partial charge in [-0.15, -0.1) is 0 Å². The smallest absolute Gasteiger partial charge is 0.240 e. The van der Waals surface area contributed by atoms with Gasteiger partial charge >= 0.3 is 0 Å². The van der Waals surface area contributed by atoms with Crippen LogP contribution in [0.25, 0.3) is 0 Å². The van der Waals surface area contributed by atoms with Gasteiger partial charge in [-0.2, -0.15) is 4.98 Å². The van der Waals surface area contributed by atoms with Gasteiger partial charge in [0.2, 0.25) is 5.89 Å². The third kappa shape index (κ3) is 4.56. The molecule has 0 saturated heterocycles. The van der Waals surface area contributed by atoms with Gasteiger partial charge in [0.1, 0.15) is 12.4 Å². The number of ether oxygens (including phenoxy) is 1. The molecule has 1 aromatic heterocycles. The maximum atomic E-state index is 5.67. The van der Waals surface area contributed by atoms with E-state index >= 15 is 0 Å². The molecule has 0 aliphatic heterocycles. The summed E-state index contributed by atoms with van der Waals surface area (Å²) >= 11 is 0. The SMILES string of the molecule is CN(CCOc1ccccc1)Cc1nc(CC2CC2)no1. The number of hydrogen-bond acceptors (Lipinski definition) is 5. The maximum Gasteiger partial charge on any atom is 0.240 e. The number of para-hydroxylation sites is 1. The van der Waals surface area contributed by atoms with E-state index in [0.29, 0.717) is 19.0 Å². The van der Waals surface area contributed by atoms with Crippen LogP contribution >= 0.6 is 0 Å². The first-order valence-electron chi connectivity index (χ1n) is 7.47. The van der Waals surface area contributed by atoms with Crippen LogP contribution < -0.4 is 4.74 Å². The van der Waals surface area contributed by atoms with Gasteiger partial charge in [0.25, 0.3) is 0 Å². The summed E-state index contributed by atoms with van der Waals surface area (Å²) in [5.41, 5.74) is 0. The van der Waals surface area contributed by atoms with Gasteiger partial charge in [-0.3, -0.25) is 4.90 Å². The predicted octanol–water partition coefficient (Wildman–Crippen LogP) is 2.53. The van der Waals surface area contributed by atoms with E-state index in [1.54, 1.807) is 0 Å². The van der Waals surface area contributed by atoms with Gasteiger partial charge in [0.05, 0.1) is 6.54 Å². The first-order chi connectivity index (χ1) is 10.3. The number of benzene rings is 1. The van der Waals surface area contributed by atoms with Crippen LogP contribution in [0.1, 0.15) is 24.6 Å². The Kier molecular flexibility index (Phi) is 4.50. The molecule has 112 valence electrons. The first kappa shape index (κ1) is 14.1. The molecule has 1 fully saturated rings. The van der Waals surface area contributed by atoms with Crippen molar-refractivity contribution in [3.05, 3.63) is 42.0 Å². The van der Waals surface area contributed by atoms with E-state index in [0.717, 1.165) is 30.5 Å². The highest BCUT2D eigenvalue weighted by molar-refractivity contribution is 5.20. The molecule has 21 heavy (non-hydrogen) atoms. The van der Waals surface area contributed by atoms with Crippen molar-refractivity contribution in [3.8, 4) is 5.75 Å². The summed E-state index contributed by atoms with van der Waals surface area (Å²) in [6, 6.07) is 9.84. The Morgan fingerprint density at radius 1 is 1.29 bits per heavy atom. The molecular formula is C16H21N3O2. The molecule has 3 rings (SSSR count). The van der Waals surface area contributed by atoms with Crippen molar-refractivity contribution in [3.63, 3.8) is 0 Å². The average molecular weight is 287 g/mol. The Hall–Kier alpha value is -1.88. The highest BCUT2D eigenvalue weighted by Gasteiger charge is 2.24. The van der Waals surface area contributed by atoms with Crippen LogP contribution in [0.3, 0.4) is 0 Å². The Bertz CT molecular complexity index is 552. The molecule has 1 heterocycles. The molecule has 1 aromatic carbocycles. The fourth-order valence-electron chi connectivity index (χ4n) is 2.16. The summed E-state index contributed by atoms with van der Waals surface area (Å²) in [6.07, 6.45) is 3.57. The van der Waals surface area contributed by atoms with E-state index in [1.165, 1.54) is 12.8 Å². The second-order valence-corrected chi connectivity index (χ2v) is 5.65. The molecule has 2 aromatic rings. The maximum absolute atomic E-state index is 5.67. The summed E-state index contributed by atoms with van der Waals surface area (Å²) in [4.78, 5) is 6.56. The van der Waals surface area contributed by atoms with Crippen LogP contribution in [-0.4, -0.2) is 35.2 Å². The zero-order valence-electron chi connectivity index (χ0n) is 12.4. The number of hydrogen-bond donors (Lipinski definition) is 0. The topological polar surface area (TPSA) is 51.4 Å². The van der Waals surface area contributed by atoms with E-state index in [-0.39, 0.29) is 0 Å². The molecule has 5 nitrogen and oxygen atoms in total. The van der Waals surface area contributed by atoms with Crippen molar-refractivity contribution in [2.24, 2.45) is 5.92 Å². The van der Waals surface area contributed by atoms with Crippen LogP contribution in [0.4, 0.5) is 0 Å². The summed E-state index contributed by atoms with van der Waals surface area (Å²) in [5, 5.41) is 4.03. The molecule has 0 N–H and O–H groups in total. The lowest BCUT2D eigenvalue weighted by molar-refractivity contribution is 0.212. The van der Waals surface area contributed by atoms with Crippen molar-refractivity contribution in [1.82, 2.24) is 15.0 Å². The molecule has 0 amide bonds. The normalized spacial score (nSPS) is 14.6. The van der Waals surface area contributed by atoms with Crippen molar-refractivity contribution >= 4 is 0 Å². The second kappa shape index (κ2) is 6.72. The van der Waals surface area contributed by atoms with Gasteiger partial charge < -0.3 is 9.26 Å². The summed E-state index contributed by atoms with van der Waals surface area (Å²) in [5.74, 6) is 3.22. The molecule has 1 saturated carbocycles. The quantitative estimate of drug-likeness (QED) is 0.746. The lowest BCUT2D eigenvalue weighted by Gasteiger charge is -2.14. The van der Waals surface area contributed by atoms with Crippen molar-refractivity contribution in [2.45, 2.75) is 25.8 Å². The fourth-order valence-corrected chi connectivity index (χ4v) is 2.16. The van der Waals surface area contributed by atoms with Crippen molar-refractivity contribution in [2.75, 3.05) is 20.2 Å². The molecule has 1 aliphatic rings. The van der Waals surface area contributed by atoms with Gasteiger partial charge in [0.15, 0.2) is 5.82 Å². The fraction of sp³-hybridized carbons (Fsp3) is 0.500. The van der Waals surface area contributed by atoms with E-state index in [9.17, 15) is 0 Å².